The number of benzene rings is 2. The highest BCUT2D eigenvalue weighted by molar-refractivity contribution is 7.92. The van der Waals surface area contributed by atoms with Gasteiger partial charge in [0.05, 0.1) is 4.90 Å². The van der Waals surface area contributed by atoms with Gasteiger partial charge in [-0.05, 0) is 69.0 Å². The molecule has 1 aliphatic rings. The number of nitrogens with one attached hydrogen (secondary N) is 2. The highest BCUT2D eigenvalue weighted by atomic mass is 32.2. The lowest BCUT2D eigenvalue weighted by Gasteiger charge is -2.24. The smallest absolute Gasteiger partial charge is 0.262 e. The third kappa shape index (κ3) is 5.48. The third-order valence-corrected chi connectivity index (χ3v) is 7.19. The van der Waals surface area contributed by atoms with E-state index in [0.29, 0.717) is 36.3 Å². The second kappa shape index (κ2) is 10.2. The van der Waals surface area contributed by atoms with Crippen LogP contribution in [0.4, 0.5) is 5.69 Å². The Balaban J connectivity index is 1.69. The molecule has 7 nitrogen and oxygen atoms in total. The first kappa shape index (κ1) is 23.8. The van der Waals surface area contributed by atoms with E-state index in [0.717, 1.165) is 24.8 Å². The highest BCUT2D eigenvalue weighted by Gasteiger charge is 2.34. The monoisotopic (exact) mass is 457 g/mol. The molecule has 32 heavy (non-hydrogen) atoms. The van der Waals surface area contributed by atoms with E-state index < -0.39 is 16.1 Å². The molecule has 8 heteroatoms. The largest absolute Gasteiger partial charge is 0.354 e. The summed E-state index contributed by atoms with van der Waals surface area (Å²) in [4.78, 5) is 27.3. The predicted molar refractivity (Wildman–Crippen MR) is 125 cm³/mol. The number of amides is 2. The summed E-state index contributed by atoms with van der Waals surface area (Å²) >= 11 is 0. The summed E-state index contributed by atoms with van der Waals surface area (Å²) in [7, 11) is -3.74. The average Bonchev–Trinajstić information content (AvgIpc) is 3.23. The normalized spacial score (nSPS) is 16.1. The van der Waals surface area contributed by atoms with Gasteiger partial charge in [0.1, 0.15) is 6.04 Å². The molecule has 0 saturated carbocycles. The first-order valence-electron chi connectivity index (χ1n) is 11.0. The van der Waals surface area contributed by atoms with Gasteiger partial charge in [0.15, 0.2) is 0 Å². The van der Waals surface area contributed by atoms with Crippen LogP contribution in [0.3, 0.4) is 0 Å². The highest BCUT2D eigenvalue weighted by Crippen LogP contribution is 2.23. The van der Waals surface area contributed by atoms with Crippen molar-refractivity contribution in [1.82, 2.24) is 10.2 Å². The van der Waals surface area contributed by atoms with Crippen LogP contribution in [0.15, 0.2) is 47.4 Å². The maximum Gasteiger partial charge on any atom is 0.262 e. The Labute approximate surface area is 190 Å². The molecule has 1 fully saturated rings. The van der Waals surface area contributed by atoms with Gasteiger partial charge in [0.2, 0.25) is 5.91 Å². The van der Waals surface area contributed by atoms with Gasteiger partial charge in [-0.3, -0.25) is 14.3 Å². The lowest BCUT2D eigenvalue weighted by molar-refractivity contribution is -0.124. The summed E-state index contributed by atoms with van der Waals surface area (Å²) in [6, 6.07) is 11.0. The number of sulfonamides is 1. The zero-order valence-corrected chi connectivity index (χ0v) is 19.7. The van der Waals surface area contributed by atoms with Crippen LogP contribution < -0.4 is 10.0 Å². The van der Waals surface area contributed by atoms with E-state index in [1.54, 1.807) is 48.2 Å². The first-order valence-corrected chi connectivity index (χ1v) is 12.5. The van der Waals surface area contributed by atoms with Crippen molar-refractivity contribution in [3.05, 3.63) is 59.2 Å². The molecule has 0 unspecified atom stereocenters. The zero-order chi connectivity index (χ0) is 23.3. The second-order valence-corrected chi connectivity index (χ2v) is 9.90. The van der Waals surface area contributed by atoms with Gasteiger partial charge in [0, 0.05) is 24.3 Å². The molecule has 0 aromatic heterocycles. The molecule has 0 aliphatic carbocycles. The van der Waals surface area contributed by atoms with E-state index in [9.17, 15) is 18.0 Å². The van der Waals surface area contributed by atoms with E-state index in [2.05, 4.69) is 17.0 Å². The number of carbonyl (C=O) groups excluding carboxylic acids is 2. The molecule has 0 bridgehead atoms. The van der Waals surface area contributed by atoms with Gasteiger partial charge < -0.3 is 10.2 Å². The molecule has 1 aliphatic heterocycles. The minimum Gasteiger partial charge on any atom is -0.354 e. The van der Waals surface area contributed by atoms with E-state index >= 15 is 0 Å². The first-order chi connectivity index (χ1) is 15.2. The number of aryl methyl sites for hydroxylation is 2. The summed E-state index contributed by atoms with van der Waals surface area (Å²) in [6.45, 7) is 6.87. The molecule has 2 N–H and O–H groups in total. The Morgan fingerprint density at radius 3 is 2.47 bits per heavy atom. The minimum atomic E-state index is -3.74. The van der Waals surface area contributed by atoms with Crippen LogP contribution in [-0.4, -0.2) is 44.3 Å². The van der Waals surface area contributed by atoms with Gasteiger partial charge in [-0.15, -0.1) is 0 Å². The lowest BCUT2D eigenvalue weighted by Crippen LogP contribution is -2.46. The van der Waals surface area contributed by atoms with E-state index in [4.69, 9.17) is 0 Å². The van der Waals surface area contributed by atoms with Crippen LogP contribution in [0.5, 0.6) is 0 Å². The molecule has 2 aromatic carbocycles. The van der Waals surface area contributed by atoms with Gasteiger partial charge in [-0.1, -0.05) is 31.0 Å². The summed E-state index contributed by atoms with van der Waals surface area (Å²) in [6.07, 6.45) is 3.34. The van der Waals surface area contributed by atoms with E-state index in [1.807, 2.05) is 13.0 Å². The van der Waals surface area contributed by atoms with Gasteiger partial charge >= 0.3 is 0 Å². The van der Waals surface area contributed by atoms with Crippen molar-refractivity contribution >= 4 is 27.5 Å². The van der Waals surface area contributed by atoms with Crippen molar-refractivity contribution in [3.8, 4) is 0 Å². The fourth-order valence-corrected chi connectivity index (χ4v) is 5.23. The quantitative estimate of drug-likeness (QED) is 0.592. The number of likely N-dealkylation sites (tertiary alicyclic amines) is 1. The van der Waals surface area contributed by atoms with Crippen molar-refractivity contribution in [2.75, 3.05) is 17.8 Å². The molecule has 0 spiro atoms. The molecule has 1 atom stereocenters. The van der Waals surface area contributed by atoms with E-state index in [1.165, 1.54) is 0 Å². The second-order valence-electron chi connectivity index (χ2n) is 8.25. The average molecular weight is 458 g/mol. The molecule has 0 radical (unpaired) electrons. The Bertz CT molecular complexity index is 1080. The molecular weight excluding hydrogens is 426 g/mol. The maximum atomic E-state index is 13.0. The number of carbonyl (C=O) groups is 2. The van der Waals surface area contributed by atoms with Gasteiger partial charge in [-0.25, -0.2) is 8.42 Å². The van der Waals surface area contributed by atoms with Crippen molar-refractivity contribution < 1.29 is 18.0 Å². The maximum absolute atomic E-state index is 13.0. The number of nitrogens with zero attached hydrogens (tertiary/aromatic N) is 1. The molecule has 2 aromatic rings. The molecule has 1 heterocycles. The lowest BCUT2D eigenvalue weighted by atomic mass is 10.1. The van der Waals surface area contributed by atoms with Crippen LogP contribution in [-0.2, 0) is 14.8 Å². The Morgan fingerprint density at radius 2 is 1.81 bits per heavy atom. The number of anilines is 1. The summed E-state index contributed by atoms with van der Waals surface area (Å²) in [5.74, 6) is -0.330. The number of hydrogen-bond donors (Lipinski definition) is 2. The van der Waals surface area contributed by atoms with Crippen molar-refractivity contribution in [1.29, 1.82) is 0 Å². The molecule has 172 valence electrons. The molecule has 1 saturated heterocycles. The fraction of sp³-hybridized carbons (Fsp3) is 0.417. The van der Waals surface area contributed by atoms with Gasteiger partial charge in [-0.2, -0.15) is 0 Å². The van der Waals surface area contributed by atoms with Crippen molar-refractivity contribution in [2.24, 2.45) is 0 Å². The molecular formula is C24H31N3O4S. The van der Waals surface area contributed by atoms with Gasteiger partial charge in [0.25, 0.3) is 15.9 Å². The van der Waals surface area contributed by atoms with Crippen LogP contribution in [0.1, 0.15) is 54.1 Å². The Hall–Kier alpha value is -2.87. The standard InChI is InChI=1S/C24H31N3O4S/c1-4-5-14-25-23(28)21-7-6-15-27(21)24(29)19-9-11-20(12-10-19)26-32(30,31)22-13-8-17(2)16-18(22)3/h8-13,16,21,26H,4-7,14-15H2,1-3H3,(H,25,28)/t21-/m1/s1. The molecule has 3 rings (SSSR count). The minimum absolute atomic E-state index is 0.109. The number of rotatable bonds is 8. The number of hydrogen-bond acceptors (Lipinski definition) is 4. The SMILES string of the molecule is CCCCNC(=O)[C@H]1CCCN1C(=O)c1ccc(NS(=O)(=O)c2ccc(C)cc2C)cc1. The summed E-state index contributed by atoms with van der Waals surface area (Å²) < 4.78 is 28.1. The summed E-state index contributed by atoms with van der Waals surface area (Å²) in [5, 5.41) is 2.91. The Kier molecular flexibility index (Phi) is 7.56. The fourth-order valence-electron chi connectivity index (χ4n) is 3.95. The Morgan fingerprint density at radius 1 is 1.09 bits per heavy atom. The predicted octanol–water partition coefficient (Wildman–Crippen LogP) is 3.63. The van der Waals surface area contributed by atoms with Crippen LogP contribution in [0.25, 0.3) is 0 Å². The van der Waals surface area contributed by atoms with Crippen LogP contribution in [0, 0.1) is 13.8 Å². The topological polar surface area (TPSA) is 95.6 Å². The zero-order valence-electron chi connectivity index (χ0n) is 18.8. The molecule has 2 amide bonds. The van der Waals surface area contributed by atoms with E-state index in [-0.39, 0.29) is 16.7 Å². The number of unbranched alkanes of at least 4 members (excludes halogenated alkanes) is 1. The van der Waals surface area contributed by atoms with Crippen LogP contribution >= 0.6 is 0 Å². The van der Waals surface area contributed by atoms with Crippen molar-refractivity contribution in [3.63, 3.8) is 0 Å². The van der Waals surface area contributed by atoms with Crippen molar-refractivity contribution in [2.45, 2.75) is 57.4 Å². The van der Waals surface area contributed by atoms with Crippen LogP contribution in [0.2, 0.25) is 0 Å². The summed E-state index contributed by atoms with van der Waals surface area (Å²) in [5.41, 5.74) is 2.45. The third-order valence-electron chi connectivity index (χ3n) is 5.65.